The first kappa shape index (κ1) is 15.7. The minimum atomic E-state index is -0.461. The number of aromatic nitrogens is 1. The highest BCUT2D eigenvalue weighted by Gasteiger charge is 2.41. The van der Waals surface area contributed by atoms with E-state index in [4.69, 9.17) is 9.47 Å². The van der Waals surface area contributed by atoms with Gasteiger partial charge in [-0.3, -0.25) is 4.79 Å². The van der Waals surface area contributed by atoms with E-state index >= 15 is 0 Å². The highest BCUT2D eigenvalue weighted by atomic mass is 32.1. The van der Waals surface area contributed by atoms with Crippen molar-refractivity contribution in [1.29, 1.82) is 0 Å². The SMILES string of the molecule is Cc1nc(C(=O)N2CCC3(CC2)OCCO3)c(-c2ccccc2)s1. The summed E-state index contributed by atoms with van der Waals surface area (Å²) in [5, 5.41) is 0.910. The molecule has 1 amide bonds. The standard InChI is InChI=1S/C18H20N2O3S/c1-13-19-15(16(24-13)14-5-3-2-4-6-14)17(21)20-9-7-18(8-10-20)22-11-12-23-18/h2-6H,7-12H2,1H3. The number of amides is 1. The van der Waals surface area contributed by atoms with Crippen LogP contribution in [0.2, 0.25) is 0 Å². The number of likely N-dealkylation sites (tertiary alicyclic amines) is 1. The fraction of sp³-hybridized carbons (Fsp3) is 0.444. The van der Waals surface area contributed by atoms with Gasteiger partial charge in [0.1, 0.15) is 5.69 Å². The van der Waals surface area contributed by atoms with E-state index in [1.165, 1.54) is 0 Å². The normalized spacial score (nSPS) is 19.8. The van der Waals surface area contributed by atoms with Crippen LogP contribution in [0.3, 0.4) is 0 Å². The smallest absolute Gasteiger partial charge is 0.273 e. The number of rotatable bonds is 2. The van der Waals surface area contributed by atoms with E-state index in [1.807, 2.05) is 42.2 Å². The lowest BCUT2D eigenvalue weighted by Gasteiger charge is -2.37. The minimum Gasteiger partial charge on any atom is -0.347 e. The van der Waals surface area contributed by atoms with Crippen molar-refractivity contribution in [1.82, 2.24) is 9.88 Å². The van der Waals surface area contributed by atoms with E-state index in [9.17, 15) is 4.79 Å². The second-order valence-electron chi connectivity index (χ2n) is 6.18. The molecule has 1 aromatic heterocycles. The molecule has 2 saturated heterocycles. The average molecular weight is 344 g/mol. The first-order valence-corrected chi connectivity index (χ1v) is 9.09. The summed E-state index contributed by atoms with van der Waals surface area (Å²) >= 11 is 1.57. The molecule has 0 atom stereocenters. The molecule has 2 fully saturated rings. The number of nitrogens with zero attached hydrogens (tertiary/aromatic N) is 2. The van der Waals surface area contributed by atoms with Gasteiger partial charge in [0.25, 0.3) is 5.91 Å². The van der Waals surface area contributed by atoms with Crippen molar-refractivity contribution in [2.75, 3.05) is 26.3 Å². The molecule has 2 aliphatic heterocycles. The van der Waals surface area contributed by atoms with Crippen LogP contribution < -0.4 is 0 Å². The maximum Gasteiger partial charge on any atom is 0.273 e. The molecular weight excluding hydrogens is 324 g/mol. The Morgan fingerprint density at radius 2 is 1.83 bits per heavy atom. The molecule has 0 radical (unpaired) electrons. The molecular formula is C18H20N2O3S. The predicted molar refractivity (Wildman–Crippen MR) is 92.1 cm³/mol. The van der Waals surface area contributed by atoms with Crippen molar-refractivity contribution in [3.05, 3.63) is 41.0 Å². The lowest BCUT2D eigenvalue weighted by molar-refractivity contribution is -0.181. The lowest BCUT2D eigenvalue weighted by atomic mass is 10.0. The van der Waals surface area contributed by atoms with Gasteiger partial charge in [0.15, 0.2) is 5.79 Å². The molecule has 1 spiro atoms. The maximum atomic E-state index is 13.0. The highest BCUT2D eigenvalue weighted by Crippen LogP contribution is 2.34. The van der Waals surface area contributed by atoms with Gasteiger partial charge >= 0.3 is 0 Å². The largest absolute Gasteiger partial charge is 0.347 e. The van der Waals surface area contributed by atoms with Crippen LogP contribution in [0.25, 0.3) is 10.4 Å². The van der Waals surface area contributed by atoms with Crippen molar-refractivity contribution in [3.8, 4) is 10.4 Å². The Labute approximate surface area is 145 Å². The molecule has 6 heteroatoms. The Morgan fingerprint density at radius 3 is 2.50 bits per heavy atom. The van der Waals surface area contributed by atoms with Gasteiger partial charge in [0.05, 0.1) is 23.1 Å². The Kier molecular flexibility index (Phi) is 4.12. The van der Waals surface area contributed by atoms with Crippen LogP contribution in [0.1, 0.15) is 28.3 Å². The number of thiazole rings is 1. The van der Waals surface area contributed by atoms with Crippen molar-refractivity contribution in [2.45, 2.75) is 25.6 Å². The van der Waals surface area contributed by atoms with Crippen LogP contribution in [0.5, 0.6) is 0 Å². The molecule has 2 aliphatic rings. The van der Waals surface area contributed by atoms with Crippen molar-refractivity contribution < 1.29 is 14.3 Å². The number of carbonyl (C=O) groups is 1. The second kappa shape index (κ2) is 6.27. The van der Waals surface area contributed by atoms with Crippen LogP contribution in [-0.4, -0.2) is 47.9 Å². The van der Waals surface area contributed by atoms with Crippen LogP contribution in [0, 0.1) is 6.92 Å². The Hall–Kier alpha value is -1.76. The summed E-state index contributed by atoms with van der Waals surface area (Å²) in [4.78, 5) is 20.3. The summed E-state index contributed by atoms with van der Waals surface area (Å²) in [6, 6.07) is 9.99. The molecule has 0 bridgehead atoms. The Morgan fingerprint density at radius 1 is 1.17 bits per heavy atom. The predicted octanol–water partition coefficient (Wildman–Crippen LogP) is 3.10. The van der Waals surface area contributed by atoms with Gasteiger partial charge in [-0.25, -0.2) is 4.98 Å². The molecule has 24 heavy (non-hydrogen) atoms. The number of carbonyl (C=O) groups excluding carboxylic acids is 1. The molecule has 2 aromatic rings. The maximum absolute atomic E-state index is 13.0. The van der Waals surface area contributed by atoms with Gasteiger partial charge in [-0.1, -0.05) is 30.3 Å². The monoisotopic (exact) mass is 344 g/mol. The fourth-order valence-corrected chi connectivity index (χ4v) is 4.26. The summed E-state index contributed by atoms with van der Waals surface area (Å²) in [5.74, 6) is -0.456. The highest BCUT2D eigenvalue weighted by molar-refractivity contribution is 7.15. The fourth-order valence-electron chi connectivity index (χ4n) is 3.34. The summed E-state index contributed by atoms with van der Waals surface area (Å²) in [7, 11) is 0. The topological polar surface area (TPSA) is 51.7 Å². The number of hydrogen-bond donors (Lipinski definition) is 0. The second-order valence-corrected chi connectivity index (χ2v) is 7.38. The number of hydrogen-bond acceptors (Lipinski definition) is 5. The average Bonchev–Trinajstić information content (AvgIpc) is 3.23. The molecule has 0 saturated carbocycles. The summed E-state index contributed by atoms with van der Waals surface area (Å²) in [5.41, 5.74) is 1.61. The first-order valence-electron chi connectivity index (χ1n) is 8.27. The van der Waals surface area contributed by atoms with E-state index in [1.54, 1.807) is 11.3 Å². The number of piperidine rings is 1. The van der Waals surface area contributed by atoms with E-state index in [0.717, 1.165) is 28.3 Å². The Bertz CT molecular complexity index is 728. The van der Waals surface area contributed by atoms with Gasteiger partial charge in [-0.05, 0) is 12.5 Å². The third-order valence-corrected chi connectivity index (χ3v) is 5.62. The third-order valence-electron chi connectivity index (χ3n) is 4.60. The molecule has 0 N–H and O–H groups in total. The van der Waals surface area contributed by atoms with Crippen LogP contribution >= 0.6 is 11.3 Å². The lowest BCUT2D eigenvalue weighted by Crippen LogP contribution is -2.47. The van der Waals surface area contributed by atoms with Gasteiger partial charge in [0.2, 0.25) is 0 Å². The van der Waals surface area contributed by atoms with Crippen molar-refractivity contribution in [3.63, 3.8) is 0 Å². The van der Waals surface area contributed by atoms with Gasteiger partial charge < -0.3 is 14.4 Å². The van der Waals surface area contributed by atoms with E-state index in [2.05, 4.69) is 4.98 Å². The Balaban J connectivity index is 1.55. The van der Waals surface area contributed by atoms with Gasteiger partial charge in [-0.2, -0.15) is 0 Å². The zero-order valence-electron chi connectivity index (χ0n) is 13.7. The molecule has 0 aliphatic carbocycles. The number of benzene rings is 1. The van der Waals surface area contributed by atoms with Crippen molar-refractivity contribution >= 4 is 17.2 Å². The summed E-state index contributed by atoms with van der Waals surface area (Å²) in [6.45, 7) is 4.53. The van der Waals surface area contributed by atoms with Crippen LogP contribution in [0.15, 0.2) is 30.3 Å². The van der Waals surface area contributed by atoms with Crippen molar-refractivity contribution in [2.24, 2.45) is 0 Å². The molecule has 4 rings (SSSR count). The first-order chi connectivity index (χ1) is 11.7. The van der Waals surface area contributed by atoms with Gasteiger partial charge in [-0.15, -0.1) is 11.3 Å². The number of aryl methyl sites for hydroxylation is 1. The van der Waals surface area contributed by atoms with E-state index < -0.39 is 5.79 Å². The molecule has 0 unspecified atom stereocenters. The zero-order valence-corrected chi connectivity index (χ0v) is 14.5. The van der Waals surface area contributed by atoms with Crippen LogP contribution in [0.4, 0.5) is 0 Å². The minimum absolute atomic E-state index is 0.00560. The zero-order chi connectivity index (χ0) is 16.6. The van der Waals surface area contributed by atoms with E-state index in [0.29, 0.717) is 32.0 Å². The van der Waals surface area contributed by atoms with E-state index in [-0.39, 0.29) is 5.91 Å². The molecule has 5 nitrogen and oxygen atoms in total. The quantitative estimate of drug-likeness (QED) is 0.840. The van der Waals surface area contributed by atoms with Gasteiger partial charge in [0, 0.05) is 25.9 Å². The number of ether oxygens (including phenoxy) is 2. The molecule has 1 aromatic carbocycles. The van der Waals surface area contributed by atoms with Crippen LogP contribution in [-0.2, 0) is 9.47 Å². The summed E-state index contributed by atoms with van der Waals surface area (Å²) < 4.78 is 11.5. The third kappa shape index (κ3) is 2.85. The summed E-state index contributed by atoms with van der Waals surface area (Å²) in [6.07, 6.45) is 1.45. The molecule has 126 valence electrons. The molecule has 3 heterocycles.